The number of aromatic carboxylic acids is 1. The van der Waals surface area contributed by atoms with Gasteiger partial charge in [-0.05, 0) is 24.4 Å². The van der Waals surface area contributed by atoms with Gasteiger partial charge < -0.3 is 10.8 Å². The van der Waals surface area contributed by atoms with E-state index in [1.165, 1.54) is 0 Å². The third kappa shape index (κ3) is 1.06. The number of nitrogens with two attached hydrogens (primary N) is 1. The normalized spacial score (nSPS) is 16.3. The fourth-order valence-electron chi connectivity index (χ4n) is 1.17. The van der Waals surface area contributed by atoms with Gasteiger partial charge in [-0.1, -0.05) is 0 Å². The molecule has 2 rings (SSSR count). The number of hydrogen-bond donors (Lipinski definition) is 2. The van der Waals surface area contributed by atoms with Crippen LogP contribution < -0.4 is 5.73 Å². The van der Waals surface area contributed by atoms with E-state index in [1.54, 1.807) is 0 Å². The maximum Gasteiger partial charge on any atom is 0.340 e. The molecule has 4 nitrogen and oxygen atoms in total. The van der Waals surface area contributed by atoms with E-state index < -0.39 is 5.97 Å². The molecular weight excluding hydrogens is 176 g/mol. The molecule has 0 aliphatic heterocycles. The monoisotopic (exact) mass is 184 g/mol. The zero-order chi connectivity index (χ0) is 8.72. The van der Waals surface area contributed by atoms with Crippen LogP contribution in [0.3, 0.4) is 0 Å². The minimum absolute atomic E-state index is 0.225. The third-order valence-corrected chi connectivity index (χ3v) is 2.61. The Morgan fingerprint density at radius 1 is 1.67 bits per heavy atom. The van der Waals surface area contributed by atoms with Crippen LogP contribution in [-0.2, 0) is 0 Å². The molecule has 5 heteroatoms. The van der Waals surface area contributed by atoms with Gasteiger partial charge in [0.05, 0.1) is 5.69 Å². The van der Waals surface area contributed by atoms with E-state index in [0.29, 0.717) is 16.6 Å². The number of nitrogen functional groups attached to an aromatic ring is 1. The zero-order valence-corrected chi connectivity index (χ0v) is 7.10. The second kappa shape index (κ2) is 2.45. The Morgan fingerprint density at radius 3 is 2.83 bits per heavy atom. The molecular formula is C7H8N2O2S. The molecule has 1 fully saturated rings. The van der Waals surface area contributed by atoms with Crippen LogP contribution in [-0.4, -0.2) is 15.4 Å². The minimum Gasteiger partial charge on any atom is -0.478 e. The SMILES string of the molecule is Nc1snc(C2CC2)c1C(=O)O. The van der Waals surface area contributed by atoms with Gasteiger partial charge in [0, 0.05) is 5.92 Å². The van der Waals surface area contributed by atoms with Gasteiger partial charge in [-0.2, -0.15) is 4.37 Å². The van der Waals surface area contributed by atoms with Crippen LogP contribution in [0.15, 0.2) is 0 Å². The molecule has 3 N–H and O–H groups in total. The first kappa shape index (κ1) is 7.54. The first-order valence-electron chi connectivity index (χ1n) is 3.68. The number of carbonyl (C=O) groups is 1. The Kier molecular flexibility index (Phi) is 1.54. The van der Waals surface area contributed by atoms with Crippen LogP contribution >= 0.6 is 11.5 Å². The maximum absolute atomic E-state index is 10.7. The van der Waals surface area contributed by atoms with Crippen LogP contribution in [0.4, 0.5) is 5.00 Å². The van der Waals surface area contributed by atoms with E-state index in [4.69, 9.17) is 10.8 Å². The van der Waals surface area contributed by atoms with Crippen LogP contribution in [0.2, 0.25) is 0 Å². The van der Waals surface area contributed by atoms with Crippen molar-refractivity contribution in [3.63, 3.8) is 0 Å². The number of aromatic nitrogens is 1. The van der Waals surface area contributed by atoms with Crippen molar-refractivity contribution in [2.24, 2.45) is 0 Å². The molecule has 0 radical (unpaired) electrons. The topological polar surface area (TPSA) is 76.2 Å². The van der Waals surface area contributed by atoms with Gasteiger partial charge in [-0.25, -0.2) is 4.79 Å². The molecule has 0 spiro atoms. The summed E-state index contributed by atoms with van der Waals surface area (Å²) in [5.41, 5.74) is 6.39. The number of carboxylic acids is 1. The quantitative estimate of drug-likeness (QED) is 0.726. The second-order valence-corrected chi connectivity index (χ2v) is 3.69. The molecule has 0 unspecified atom stereocenters. The van der Waals surface area contributed by atoms with Crippen molar-refractivity contribution in [3.05, 3.63) is 11.3 Å². The van der Waals surface area contributed by atoms with Crippen molar-refractivity contribution in [1.29, 1.82) is 0 Å². The van der Waals surface area contributed by atoms with Crippen molar-refractivity contribution < 1.29 is 9.90 Å². The molecule has 1 aromatic heterocycles. The molecule has 1 aliphatic rings. The van der Waals surface area contributed by atoms with Crippen LogP contribution in [0, 0.1) is 0 Å². The van der Waals surface area contributed by atoms with Gasteiger partial charge in [0.2, 0.25) is 0 Å². The first-order valence-corrected chi connectivity index (χ1v) is 4.46. The highest BCUT2D eigenvalue weighted by atomic mass is 32.1. The lowest BCUT2D eigenvalue weighted by molar-refractivity contribution is 0.0697. The van der Waals surface area contributed by atoms with Gasteiger partial charge >= 0.3 is 5.97 Å². The number of rotatable bonds is 2. The summed E-state index contributed by atoms with van der Waals surface area (Å²) in [6.45, 7) is 0. The van der Waals surface area contributed by atoms with Gasteiger partial charge in [0.1, 0.15) is 10.6 Å². The second-order valence-electron chi connectivity index (χ2n) is 2.89. The lowest BCUT2D eigenvalue weighted by Crippen LogP contribution is -2.02. The van der Waals surface area contributed by atoms with Crippen LogP contribution in [0.1, 0.15) is 34.8 Å². The molecule has 1 saturated carbocycles. The predicted octanol–water partition coefficient (Wildman–Crippen LogP) is 1.30. The van der Waals surface area contributed by atoms with E-state index in [0.717, 1.165) is 24.4 Å². The van der Waals surface area contributed by atoms with Gasteiger partial charge in [0.25, 0.3) is 0 Å². The van der Waals surface area contributed by atoms with E-state index in [9.17, 15) is 4.79 Å². The number of hydrogen-bond acceptors (Lipinski definition) is 4. The summed E-state index contributed by atoms with van der Waals surface area (Å²) in [7, 11) is 0. The van der Waals surface area contributed by atoms with Gasteiger partial charge in [-0.15, -0.1) is 0 Å². The van der Waals surface area contributed by atoms with Crippen molar-refractivity contribution in [3.8, 4) is 0 Å². The van der Waals surface area contributed by atoms with E-state index in [1.807, 2.05) is 0 Å². The zero-order valence-electron chi connectivity index (χ0n) is 6.28. The maximum atomic E-state index is 10.7. The highest BCUT2D eigenvalue weighted by molar-refractivity contribution is 7.10. The summed E-state index contributed by atoms with van der Waals surface area (Å²) < 4.78 is 4.03. The molecule has 0 atom stereocenters. The molecule has 0 amide bonds. The highest BCUT2D eigenvalue weighted by Gasteiger charge is 2.32. The number of anilines is 1. The molecule has 0 saturated heterocycles. The van der Waals surface area contributed by atoms with Crippen LogP contribution in [0.25, 0.3) is 0 Å². The molecule has 64 valence electrons. The Labute approximate surface area is 73.2 Å². The smallest absolute Gasteiger partial charge is 0.340 e. The summed E-state index contributed by atoms with van der Waals surface area (Å²) in [5.74, 6) is -0.604. The molecule has 0 bridgehead atoms. The number of carboxylic acid groups (broad SMARTS) is 1. The molecule has 0 aromatic carbocycles. The Bertz CT molecular complexity index is 330. The fourth-order valence-corrected chi connectivity index (χ4v) is 1.89. The van der Waals surface area contributed by atoms with Crippen molar-refractivity contribution in [1.82, 2.24) is 4.37 Å². The largest absolute Gasteiger partial charge is 0.478 e. The van der Waals surface area contributed by atoms with Crippen molar-refractivity contribution in [2.45, 2.75) is 18.8 Å². The fraction of sp³-hybridized carbons (Fsp3) is 0.429. The minimum atomic E-state index is -0.955. The third-order valence-electron chi connectivity index (χ3n) is 1.92. The van der Waals surface area contributed by atoms with Gasteiger partial charge in [0.15, 0.2) is 0 Å². The molecule has 1 aliphatic carbocycles. The lowest BCUT2D eigenvalue weighted by Gasteiger charge is -1.94. The van der Waals surface area contributed by atoms with Crippen molar-refractivity contribution >= 4 is 22.5 Å². The van der Waals surface area contributed by atoms with E-state index >= 15 is 0 Å². The summed E-state index contributed by atoms with van der Waals surface area (Å²) in [5, 5.41) is 9.12. The van der Waals surface area contributed by atoms with Gasteiger partial charge in [-0.3, -0.25) is 0 Å². The van der Waals surface area contributed by atoms with Crippen LogP contribution in [0.5, 0.6) is 0 Å². The molecule has 1 aromatic rings. The highest BCUT2D eigenvalue weighted by Crippen LogP contribution is 2.43. The molecule has 12 heavy (non-hydrogen) atoms. The lowest BCUT2D eigenvalue weighted by atomic mass is 10.2. The predicted molar refractivity (Wildman–Crippen MR) is 45.5 cm³/mol. The average Bonchev–Trinajstić information content (AvgIpc) is 2.75. The Hall–Kier alpha value is -1.10. The summed E-state index contributed by atoms with van der Waals surface area (Å²) >= 11 is 1.07. The van der Waals surface area contributed by atoms with E-state index in [2.05, 4.69) is 4.37 Å². The number of nitrogens with zero attached hydrogens (tertiary/aromatic N) is 1. The Morgan fingerprint density at radius 2 is 2.33 bits per heavy atom. The van der Waals surface area contributed by atoms with E-state index in [-0.39, 0.29) is 5.56 Å². The summed E-state index contributed by atoms with van der Waals surface area (Å²) in [6.07, 6.45) is 2.09. The van der Waals surface area contributed by atoms with Crippen molar-refractivity contribution in [2.75, 3.05) is 5.73 Å². The Balaban J connectivity index is 2.46. The summed E-state index contributed by atoms with van der Waals surface area (Å²) in [6, 6.07) is 0. The first-order chi connectivity index (χ1) is 5.70. The molecule has 1 heterocycles. The standard InChI is InChI=1S/C7H8N2O2S/c8-6-4(7(10)11)5(9-12-6)3-1-2-3/h3H,1-2,8H2,(H,10,11). The average molecular weight is 184 g/mol. The summed E-state index contributed by atoms with van der Waals surface area (Å²) in [4.78, 5) is 10.7.